The number of likely N-dealkylation sites (tertiary alicyclic amines) is 1. The van der Waals surface area contributed by atoms with Crippen LogP contribution in [-0.4, -0.2) is 29.2 Å². The number of hydrogen-bond donors (Lipinski definition) is 2. The fourth-order valence-corrected chi connectivity index (χ4v) is 4.08. The molecule has 0 bridgehead atoms. The van der Waals surface area contributed by atoms with Crippen LogP contribution in [0.4, 0.5) is 5.69 Å². The van der Waals surface area contributed by atoms with Gasteiger partial charge in [0.05, 0.1) is 6.61 Å². The van der Waals surface area contributed by atoms with Crippen molar-refractivity contribution in [3.63, 3.8) is 0 Å². The third kappa shape index (κ3) is 5.19. The maximum Gasteiger partial charge on any atom is 0.0590 e. The van der Waals surface area contributed by atoms with Crippen LogP contribution in [0.15, 0.2) is 59.1 Å². The molecule has 3 rings (SSSR count). The maximum atomic E-state index is 9.62. The van der Waals surface area contributed by atoms with Gasteiger partial charge in [0.25, 0.3) is 0 Å². The summed E-state index contributed by atoms with van der Waals surface area (Å²) >= 11 is 3.54. The molecule has 138 valence electrons. The van der Waals surface area contributed by atoms with Crippen molar-refractivity contribution in [3.8, 4) is 0 Å². The van der Waals surface area contributed by atoms with Gasteiger partial charge in [-0.15, -0.1) is 0 Å². The number of aryl methyl sites for hydroxylation is 1. The van der Waals surface area contributed by atoms with Crippen LogP contribution in [0.25, 0.3) is 0 Å². The molecule has 2 N–H and O–H groups in total. The summed E-state index contributed by atoms with van der Waals surface area (Å²) in [6.45, 7) is 9.05. The highest BCUT2D eigenvalue weighted by atomic mass is 79.9. The fourth-order valence-electron chi connectivity index (χ4n) is 3.48. The summed E-state index contributed by atoms with van der Waals surface area (Å²) in [4.78, 5) is 2.37. The minimum atomic E-state index is 0.201. The first kappa shape index (κ1) is 19.2. The monoisotopic (exact) mass is 414 g/mol. The minimum absolute atomic E-state index is 0.201. The number of piperidine rings is 1. The van der Waals surface area contributed by atoms with Gasteiger partial charge in [-0.3, -0.25) is 4.90 Å². The third-order valence-electron chi connectivity index (χ3n) is 4.95. The first-order valence-electron chi connectivity index (χ1n) is 9.14. The molecule has 1 aliphatic rings. The van der Waals surface area contributed by atoms with Crippen molar-refractivity contribution in [1.82, 2.24) is 4.90 Å². The number of halogens is 1. The van der Waals surface area contributed by atoms with Gasteiger partial charge in [0.2, 0.25) is 0 Å². The van der Waals surface area contributed by atoms with E-state index in [4.69, 9.17) is 0 Å². The van der Waals surface area contributed by atoms with Gasteiger partial charge in [-0.25, -0.2) is 0 Å². The standard InChI is InChI=1S/C22H27BrN2O/c1-16-7-8-25(22(11-16)15-26)14-19-5-3-18(4-6-19)13-24-21-10-17(2)9-20(23)12-21/h3-6,9-10,12,22,24,26H,1,7-8,11,13-15H2,2H3/t22-/m0/s1. The lowest BCUT2D eigenvalue weighted by molar-refractivity contribution is 0.102. The second kappa shape index (κ2) is 8.85. The smallest absolute Gasteiger partial charge is 0.0590 e. The molecule has 1 atom stereocenters. The SMILES string of the molecule is C=C1CCN(Cc2ccc(CNc3cc(C)cc(Br)c3)cc2)[C@H](CO)C1. The molecule has 1 fully saturated rings. The zero-order valence-electron chi connectivity index (χ0n) is 15.3. The third-order valence-corrected chi connectivity index (χ3v) is 5.41. The van der Waals surface area contributed by atoms with Crippen LogP contribution >= 0.6 is 15.9 Å². The van der Waals surface area contributed by atoms with Crippen LogP contribution < -0.4 is 5.32 Å². The van der Waals surface area contributed by atoms with Crippen molar-refractivity contribution in [2.45, 2.75) is 38.9 Å². The Morgan fingerprint density at radius 1 is 1.19 bits per heavy atom. The average molecular weight is 415 g/mol. The van der Waals surface area contributed by atoms with Crippen LogP contribution in [-0.2, 0) is 13.1 Å². The zero-order valence-corrected chi connectivity index (χ0v) is 16.9. The topological polar surface area (TPSA) is 35.5 Å². The Hall–Kier alpha value is -1.62. The zero-order chi connectivity index (χ0) is 18.5. The molecular formula is C22H27BrN2O. The van der Waals surface area contributed by atoms with Crippen LogP contribution in [0.2, 0.25) is 0 Å². The number of hydrogen-bond acceptors (Lipinski definition) is 3. The largest absolute Gasteiger partial charge is 0.395 e. The number of benzene rings is 2. The van der Waals surface area contributed by atoms with Gasteiger partial charge in [-0.1, -0.05) is 52.3 Å². The number of rotatable bonds is 6. The van der Waals surface area contributed by atoms with Gasteiger partial charge in [-0.05, 0) is 54.7 Å². The van der Waals surface area contributed by atoms with E-state index >= 15 is 0 Å². The van der Waals surface area contributed by atoms with E-state index in [0.29, 0.717) is 0 Å². The van der Waals surface area contributed by atoms with Crippen LogP contribution in [0.3, 0.4) is 0 Å². The molecule has 0 aromatic heterocycles. The highest BCUT2D eigenvalue weighted by molar-refractivity contribution is 9.10. The number of nitrogens with one attached hydrogen (secondary N) is 1. The van der Waals surface area contributed by atoms with E-state index < -0.39 is 0 Å². The predicted molar refractivity (Wildman–Crippen MR) is 112 cm³/mol. The van der Waals surface area contributed by atoms with E-state index in [-0.39, 0.29) is 12.6 Å². The summed E-state index contributed by atoms with van der Waals surface area (Å²) in [5.74, 6) is 0. The summed E-state index contributed by atoms with van der Waals surface area (Å²) in [5.41, 5.74) is 6.17. The molecule has 0 amide bonds. The molecule has 26 heavy (non-hydrogen) atoms. The lowest BCUT2D eigenvalue weighted by Gasteiger charge is -2.35. The van der Waals surface area contributed by atoms with E-state index in [9.17, 15) is 5.11 Å². The summed E-state index contributed by atoms with van der Waals surface area (Å²) in [5, 5.41) is 13.1. The predicted octanol–water partition coefficient (Wildman–Crippen LogP) is 4.88. The van der Waals surface area contributed by atoms with Crippen molar-refractivity contribution in [2.24, 2.45) is 0 Å². The molecule has 1 saturated heterocycles. The van der Waals surface area contributed by atoms with Gasteiger partial charge in [0.1, 0.15) is 0 Å². The Morgan fingerprint density at radius 3 is 2.62 bits per heavy atom. The molecule has 0 aliphatic carbocycles. The summed E-state index contributed by atoms with van der Waals surface area (Å²) in [7, 11) is 0. The summed E-state index contributed by atoms with van der Waals surface area (Å²) in [6, 6.07) is 15.3. The Bertz CT molecular complexity index is 737. The van der Waals surface area contributed by atoms with Gasteiger partial charge in [0.15, 0.2) is 0 Å². The molecular weight excluding hydrogens is 388 g/mol. The van der Waals surface area contributed by atoms with E-state index in [2.05, 4.69) is 82.1 Å². The van der Waals surface area contributed by atoms with E-state index in [1.165, 1.54) is 22.3 Å². The number of nitrogens with zero attached hydrogens (tertiary/aromatic N) is 1. The van der Waals surface area contributed by atoms with Crippen molar-refractivity contribution in [3.05, 3.63) is 75.8 Å². The number of anilines is 1. The molecule has 1 aliphatic heterocycles. The summed E-state index contributed by atoms with van der Waals surface area (Å²) in [6.07, 6.45) is 1.94. The minimum Gasteiger partial charge on any atom is -0.395 e. The van der Waals surface area contributed by atoms with Gasteiger partial charge < -0.3 is 10.4 Å². The van der Waals surface area contributed by atoms with E-state index in [1.54, 1.807) is 0 Å². The van der Waals surface area contributed by atoms with E-state index in [1.807, 2.05) is 0 Å². The lowest BCUT2D eigenvalue weighted by Crippen LogP contribution is -2.41. The molecule has 0 unspecified atom stereocenters. The average Bonchev–Trinajstić information content (AvgIpc) is 2.62. The molecule has 1 heterocycles. The molecule has 0 spiro atoms. The first-order valence-corrected chi connectivity index (χ1v) is 9.93. The van der Waals surface area contributed by atoms with Crippen LogP contribution in [0.5, 0.6) is 0 Å². The molecule has 4 heteroatoms. The van der Waals surface area contributed by atoms with Crippen LogP contribution in [0, 0.1) is 6.92 Å². The molecule has 0 radical (unpaired) electrons. The molecule has 2 aromatic carbocycles. The second-order valence-electron chi connectivity index (χ2n) is 7.20. The van der Waals surface area contributed by atoms with E-state index in [0.717, 1.165) is 42.6 Å². The number of aliphatic hydroxyl groups is 1. The van der Waals surface area contributed by atoms with Gasteiger partial charge in [-0.2, -0.15) is 0 Å². The lowest BCUT2D eigenvalue weighted by atomic mass is 9.97. The number of aliphatic hydroxyl groups excluding tert-OH is 1. The van der Waals surface area contributed by atoms with Gasteiger partial charge in [0, 0.05) is 35.8 Å². The Morgan fingerprint density at radius 2 is 1.92 bits per heavy atom. The molecule has 0 saturated carbocycles. The highest BCUT2D eigenvalue weighted by Crippen LogP contribution is 2.23. The van der Waals surface area contributed by atoms with Crippen molar-refractivity contribution >= 4 is 21.6 Å². The van der Waals surface area contributed by atoms with Gasteiger partial charge >= 0.3 is 0 Å². The quantitative estimate of drug-likeness (QED) is 0.660. The molecule has 2 aromatic rings. The molecule has 3 nitrogen and oxygen atoms in total. The van der Waals surface area contributed by atoms with Crippen molar-refractivity contribution < 1.29 is 5.11 Å². The van der Waals surface area contributed by atoms with Crippen molar-refractivity contribution in [1.29, 1.82) is 0 Å². The Kier molecular flexibility index (Phi) is 6.52. The van der Waals surface area contributed by atoms with Crippen LogP contribution in [0.1, 0.15) is 29.5 Å². The fraction of sp³-hybridized carbons (Fsp3) is 0.364. The maximum absolute atomic E-state index is 9.62. The Labute approximate surface area is 164 Å². The summed E-state index contributed by atoms with van der Waals surface area (Å²) < 4.78 is 1.10. The second-order valence-corrected chi connectivity index (χ2v) is 8.11. The normalized spacial score (nSPS) is 18.1. The van der Waals surface area contributed by atoms with Crippen molar-refractivity contribution in [2.75, 3.05) is 18.5 Å². The highest BCUT2D eigenvalue weighted by Gasteiger charge is 2.23. The first-order chi connectivity index (χ1) is 12.5. The Balaban J connectivity index is 1.57.